The van der Waals surface area contributed by atoms with Gasteiger partial charge in [-0.15, -0.1) is 0 Å². The molecule has 0 saturated carbocycles. The summed E-state index contributed by atoms with van der Waals surface area (Å²) in [4.78, 5) is 12.0. The number of hydrogen-bond donors (Lipinski definition) is 0. The van der Waals surface area contributed by atoms with E-state index in [1.165, 1.54) is 18.2 Å². The van der Waals surface area contributed by atoms with Crippen LogP contribution in [0.2, 0.25) is 0 Å². The Morgan fingerprint density at radius 2 is 1.74 bits per heavy atom. The van der Waals surface area contributed by atoms with Crippen LogP contribution in [0.25, 0.3) is 0 Å². The van der Waals surface area contributed by atoms with Crippen molar-refractivity contribution in [2.75, 3.05) is 13.2 Å². The van der Waals surface area contributed by atoms with Gasteiger partial charge in [-0.1, -0.05) is 6.07 Å². The van der Waals surface area contributed by atoms with Crippen molar-refractivity contribution in [3.63, 3.8) is 0 Å². The van der Waals surface area contributed by atoms with Crippen molar-refractivity contribution in [3.05, 3.63) is 53.6 Å². The number of alkyl halides is 3. The van der Waals surface area contributed by atoms with E-state index in [9.17, 15) is 18.0 Å². The van der Waals surface area contributed by atoms with Gasteiger partial charge in [-0.2, -0.15) is 13.2 Å². The van der Waals surface area contributed by atoms with E-state index in [-0.39, 0.29) is 11.3 Å². The lowest BCUT2D eigenvalue weighted by Gasteiger charge is -2.18. The van der Waals surface area contributed by atoms with Crippen LogP contribution in [0.15, 0.2) is 42.5 Å². The molecular formula is C16H11F3O4. The molecule has 0 saturated heterocycles. The van der Waals surface area contributed by atoms with Crippen LogP contribution >= 0.6 is 0 Å². The van der Waals surface area contributed by atoms with Crippen LogP contribution in [0.4, 0.5) is 13.2 Å². The number of rotatable bonds is 2. The van der Waals surface area contributed by atoms with E-state index in [0.717, 1.165) is 18.2 Å². The molecule has 2 aromatic carbocycles. The van der Waals surface area contributed by atoms with E-state index in [0.29, 0.717) is 24.7 Å². The van der Waals surface area contributed by atoms with Crippen molar-refractivity contribution in [1.82, 2.24) is 0 Å². The van der Waals surface area contributed by atoms with Crippen molar-refractivity contribution < 1.29 is 32.2 Å². The number of carbonyl (C=O) groups is 1. The SMILES string of the molecule is O=C(Oc1ccc2c(c1)OCCO2)c1cccc(C(F)(F)F)c1. The summed E-state index contributed by atoms with van der Waals surface area (Å²) >= 11 is 0. The summed E-state index contributed by atoms with van der Waals surface area (Å²) in [5, 5.41) is 0. The average Bonchev–Trinajstić information content (AvgIpc) is 2.54. The van der Waals surface area contributed by atoms with E-state index >= 15 is 0 Å². The Kier molecular flexibility index (Phi) is 3.85. The molecule has 23 heavy (non-hydrogen) atoms. The lowest BCUT2D eigenvalue weighted by Crippen LogP contribution is -2.16. The zero-order valence-electron chi connectivity index (χ0n) is 11.7. The molecule has 120 valence electrons. The second-order valence-electron chi connectivity index (χ2n) is 4.77. The minimum atomic E-state index is -4.52. The predicted octanol–water partition coefficient (Wildman–Crippen LogP) is 3.70. The van der Waals surface area contributed by atoms with Crippen LogP contribution < -0.4 is 14.2 Å². The summed E-state index contributed by atoms with van der Waals surface area (Å²) in [6.45, 7) is 0.800. The molecule has 1 aliphatic heterocycles. The van der Waals surface area contributed by atoms with E-state index < -0.39 is 17.7 Å². The average molecular weight is 324 g/mol. The summed E-state index contributed by atoms with van der Waals surface area (Å²) in [6.07, 6.45) is -4.52. The third-order valence-corrected chi connectivity index (χ3v) is 3.15. The number of halogens is 3. The topological polar surface area (TPSA) is 44.8 Å². The highest BCUT2D eigenvalue weighted by molar-refractivity contribution is 5.91. The van der Waals surface area contributed by atoms with E-state index in [2.05, 4.69) is 0 Å². The molecule has 0 amide bonds. The standard InChI is InChI=1S/C16H11F3O4/c17-16(18,19)11-3-1-2-10(8-11)15(20)23-12-4-5-13-14(9-12)22-7-6-21-13/h1-5,8-9H,6-7H2. The Morgan fingerprint density at radius 3 is 2.48 bits per heavy atom. The van der Waals surface area contributed by atoms with Crippen molar-refractivity contribution in [2.45, 2.75) is 6.18 Å². The van der Waals surface area contributed by atoms with Crippen LogP contribution in [0.1, 0.15) is 15.9 Å². The minimum absolute atomic E-state index is 0.164. The van der Waals surface area contributed by atoms with E-state index in [4.69, 9.17) is 14.2 Å². The number of fused-ring (bicyclic) bond motifs is 1. The van der Waals surface area contributed by atoms with Gasteiger partial charge in [-0.05, 0) is 30.3 Å². The first kappa shape index (κ1) is 15.2. The Balaban J connectivity index is 1.79. The fourth-order valence-corrected chi connectivity index (χ4v) is 2.08. The highest BCUT2D eigenvalue weighted by atomic mass is 19.4. The normalized spacial score (nSPS) is 13.5. The molecule has 2 aromatic rings. The van der Waals surface area contributed by atoms with Crippen molar-refractivity contribution >= 4 is 5.97 Å². The molecule has 0 fully saturated rings. The first-order valence-electron chi connectivity index (χ1n) is 6.72. The number of benzene rings is 2. The van der Waals surface area contributed by atoms with E-state index in [1.54, 1.807) is 6.07 Å². The molecule has 0 aliphatic carbocycles. The molecule has 0 aromatic heterocycles. The van der Waals surface area contributed by atoms with Gasteiger partial charge in [0.25, 0.3) is 0 Å². The summed E-state index contributed by atoms with van der Waals surface area (Å²) in [7, 11) is 0. The van der Waals surface area contributed by atoms with Gasteiger partial charge in [0.05, 0.1) is 11.1 Å². The Bertz CT molecular complexity index is 740. The Labute approximate surface area is 129 Å². The molecule has 0 bridgehead atoms. The van der Waals surface area contributed by atoms with Crippen LogP contribution in [0.3, 0.4) is 0 Å². The molecule has 4 nitrogen and oxygen atoms in total. The van der Waals surface area contributed by atoms with Gasteiger partial charge in [0.15, 0.2) is 11.5 Å². The first-order valence-corrected chi connectivity index (χ1v) is 6.72. The van der Waals surface area contributed by atoms with Crippen molar-refractivity contribution in [1.29, 1.82) is 0 Å². The number of ether oxygens (including phenoxy) is 3. The van der Waals surface area contributed by atoms with Gasteiger partial charge < -0.3 is 14.2 Å². The maximum absolute atomic E-state index is 12.7. The van der Waals surface area contributed by atoms with Gasteiger partial charge in [0.2, 0.25) is 0 Å². The molecule has 0 N–H and O–H groups in total. The summed E-state index contributed by atoms with van der Waals surface area (Å²) in [5.74, 6) is 0.227. The predicted molar refractivity (Wildman–Crippen MR) is 73.8 cm³/mol. The van der Waals surface area contributed by atoms with Gasteiger partial charge >= 0.3 is 12.1 Å². The quantitative estimate of drug-likeness (QED) is 0.624. The van der Waals surface area contributed by atoms with Gasteiger partial charge in [0, 0.05) is 6.07 Å². The van der Waals surface area contributed by atoms with Crippen LogP contribution in [0, 0.1) is 0 Å². The Morgan fingerprint density at radius 1 is 1.00 bits per heavy atom. The lowest BCUT2D eigenvalue weighted by molar-refractivity contribution is -0.137. The molecule has 0 radical (unpaired) electrons. The maximum Gasteiger partial charge on any atom is 0.416 e. The van der Waals surface area contributed by atoms with Crippen molar-refractivity contribution in [3.8, 4) is 17.2 Å². The number of esters is 1. The third-order valence-electron chi connectivity index (χ3n) is 3.15. The minimum Gasteiger partial charge on any atom is -0.486 e. The van der Waals surface area contributed by atoms with Crippen molar-refractivity contribution in [2.24, 2.45) is 0 Å². The van der Waals surface area contributed by atoms with Gasteiger partial charge in [-0.25, -0.2) is 4.79 Å². The molecule has 0 unspecified atom stereocenters. The molecule has 1 aliphatic rings. The van der Waals surface area contributed by atoms with Crippen LogP contribution in [0.5, 0.6) is 17.2 Å². The van der Waals surface area contributed by atoms with Crippen LogP contribution in [-0.2, 0) is 6.18 Å². The number of carbonyl (C=O) groups excluding carboxylic acids is 1. The van der Waals surface area contributed by atoms with E-state index in [1.807, 2.05) is 0 Å². The lowest BCUT2D eigenvalue weighted by atomic mass is 10.1. The second-order valence-corrected chi connectivity index (χ2v) is 4.77. The molecule has 3 rings (SSSR count). The summed E-state index contributed by atoms with van der Waals surface area (Å²) < 4.78 is 53.8. The van der Waals surface area contributed by atoms with Gasteiger partial charge in [0.1, 0.15) is 19.0 Å². The molecule has 1 heterocycles. The fourth-order valence-electron chi connectivity index (χ4n) is 2.08. The van der Waals surface area contributed by atoms with Gasteiger partial charge in [-0.3, -0.25) is 0 Å². The summed E-state index contributed by atoms with van der Waals surface area (Å²) in [5.41, 5.74) is -1.09. The third kappa shape index (κ3) is 3.39. The highest BCUT2D eigenvalue weighted by Gasteiger charge is 2.31. The van der Waals surface area contributed by atoms with Crippen LogP contribution in [-0.4, -0.2) is 19.2 Å². The summed E-state index contributed by atoms with van der Waals surface area (Å²) in [6, 6.07) is 8.57. The molecule has 7 heteroatoms. The Hall–Kier alpha value is -2.70. The smallest absolute Gasteiger partial charge is 0.416 e. The molecule has 0 spiro atoms. The first-order chi connectivity index (χ1) is 10.9. The monoisotopic (exact) mass is 324 g/mol. The molecule has 0 atom stereocenters. The molecular weight excluding hydrogens is 313 g/mol. The highest BCUT2D eigenvalue weighted by Crippen LogP contribution is 2.34. The fraction of sp³-hybridized carbons (Fsp3) is 0.188. The largest absolute Gasteiger partial charge is 0.486 e. The maximum atomic E-state index is 12.7. The zero-order valence-corrected chi connectivity index (χ0v) is 11.7. The number of hydrogen-bond acceptors (Lipinski definition) is 4. The zero-order chi connectivity index (χ0) is 16.4. The second kappa shape index (κ2) is 5.83.